The van der Waals surface area contributed by atoms with Crippen LogP contribution in [0.5, 0.6) is 0 Å². The van der Waals surface area contributed by atoms with E-state index in [-0.39, 0.29) is 24.1 Å². The Labute approximate surface area is 189 Å². The summed E-state index contributed by atoms with van der Waals surface area (Å²) in [5, 5.41) is 8.37. The van der Waals surface area contributed by atoms with E-state index < -0.39 is 0 Å². The molecule has 0 saturated heterocycles. The van der Waals surface area contributed by atoms with E-state index in [2.05, 4.69) is 15.3 Å². The number of aromatic nitrogens is 4. The van der Waals surface area contributed by atoms with Crippen molar-refractivity contribution in [1.29, 1.82) is 0 Å². The standard InChI is InChI=1S/C24H19ClFN5O/c1-13-10-14(2)28-24(27-13)31-23-21(22(30-31)15-6-8-17(25)9-7-15)19(12-20(32)29-23)16-4-3-5-18(26)11-16/h3-11,19H,12H2,1-2H3,(H,29,32). The largest absolute Gasteiger partial charge is 0.310 e. The van der Waals surface area contributed by atoms with E-state index in [1.807, 2.05) is 38.1 Å². The number of hydrogen-bond donors (Lipinski definition) is 1. The molecule has 0 spiro atoms. The van der Waals surface area contributed by atoms with Gasteiger partial charge in [0.25, 0.3) is 5.95 Å². The number of hydrogen-bond acceptors (Lipinski definition) is 4. The highest BCUT2D eigenvalue weighted by atomic mass is 35.5. The Kier molecular flexibility index (Phi) is 4.98. The number of nitrogens with one attached hydrogen (secondary N) is 1. The van der Waals surface area contributed by atoms with Crippen molar-refractivity contribution in [3.8, 4) is 17.2 Å². The van der Waals surface area contributed by atoms with E-state index in [1.54, 1.807) is 22.9 Å². The minimum atomic E-state index is -0.375. The Morgan fingerprint density at radius 1 is 1.06 bits per heavy atom. The van der Waals surface area contributed by atoms with Gasteiger partial charge in [0.15, 0.2) is 0 Å². The quantitative estimate of drug-likeness (QED) is 0.467. The van der Waals surface area contributed by atoms with Crippen molar-refractivity contribution in [2.24, 2.45) is 0 Å². The summed E-state index contributed by atoms with van der Waals surface area (Å²) in [4.78, 5) is 21.8. The number of anilines is 1. The fourth-order valence-corrected chi connectivity index (χ4v) is 4.25. The number of carbonyl (C=O) groups excluding carboxylic acids is 1. The first-order valence-corrected chi connectivity index (χ1v) is 10.5. The predicted molar refractivity (Wildman–Crippen MR) is 121 cm³/mol. The Balaban J connectivity index is 1.79. The van der Waals surface area contributed by atoms with Crippen LogP contribution in [0.25, 0.3) is 17.2 Å². The van der Waals surface area contributed by atoms with E-state index in [1.165, 1.54) is 12.1 Å². The third-order valence-corrected chi connectivity index (χ3v) is 5.70. The van der Waals surface area contributed by atoms with Crippen molar-refractivity contribution in [3.05, 3.63) is 88.0 Å². The lowest BCUT2D eigenvalue weighted by Crippen LogP contribution is -2.25. The molecule has 0 fully saturated rings. The van der Waals surface area contributed by atoms with Gasteiger partial charge in [0.2, 0.25) is 5.91 Å². The van der Waals surface area contributed by atoms with Crippen LogP contribution in [0.1, 0.15) is 34.9 Å². The molecule has 1 aliphatic rings. The van der Waals surface area contributed by atoms with Crippen molar-refractivity contribution < 1.29 is 9.18 Å². The Hall–Kier alpha value is -3.58. The number of fused-ring (bicyclic) bond motifs is 1. The van der Waals surface area contributed by atoms with Gasteiger partial charge in [-0.25, -0.2) is 14.4 Å². The molecule has 32 heavy (non-hydrogen) atoms. The highest BCUT2D eigenvalue weighted by Gasteiger charge is 2.35. The molecular formula is C24H19ClFN5O. The molecule has 1 aliphatic heterocycles. The Bertz CT molecular complexity index is 1330. The van der Waals surface area contributed by atoms with E-state index >= 15 is 0 Å². The summed E-state index contributed by atoms with van der Waals surface area (Å²) in [5.74, 6) is -0.0579. The molecule has 0 saturated carbocycles. The first-order valence-electron chi connectivity index (χ1n) is 10.2. The van der Waals surface area contributed by atoms with Crippen LogP contribution in [0.3, 0.4) is 0 Å². The zero-order valence-corrected chi connectivity index (χ0v) is 18.2. The number of nitrogens with zero attached hydrogens (tertiary/aromatic N) is 4. The molecule has 5 rings (SSSR count). The number of halogens is 2. The molecule has 4 aromatic rings. The lowest BCUT2D eigenvalue weighted by molar-refractivity contribution is -0.116. The first kappa shape index (κ1) is 20.3. The van der Waals surface area contributed by atoms with Crippen LogP contribution in [0.4, 0.5) is 10.2 Å². The molecule has 1 unspecified atom stereocenters. The monoisotopic (exact) mass is 447 g/mol. The Morgan fingerprint density at radius 2 is 1.78 bits per heavy atom. The molecule has 0 aliphatic carbocycles. The van der Waals surface area contributed by atoms with Crippen LogP contribution in [0.15, 0.2) is 54.6 Å². The molecule has 2 aromatic heterocycles. The zero-order valence-electron chi connectivity index (χ0n) is 17.4. The van der Waals surface area contributed by atoms with Crippen LogP contribution in [-0.4, -0.2) is 25.7 Å². The molecule has 160 valence electrons. The normalized spacial score (nSPS) is 15.4. The molecule has 0 bridgehead atoms. The minimum Gasteiger partial charge on any atom is -0.310 e. The van der Waals surface area contributed by atoms with Gasteiger partial charge in [0.05, 0.1) is 5.69 Å². The van der Waals surface area contributed by atoms with Gasteiger partial charge in [-0.3, -0.25) is 4.79 Å². The number of aryl methyl sites for hydroxylation is 2. The Morgan fingerprint density at radius 3 is 2.47 bits per heavy atom. The van der Waals surface area contributed by atoms with E-state index in [9.17, 15) is 9.18 Å². The molecular weight excluding hydrogens is 429 g/mol. The van der Waals surface area contributed by atoms with Crippen LogP contribution in [0.2, 0.25) is 5.02 Å². The van der Waals surface area contributed by atoms with Crippen molar-refractivity contribution in [1.82, 2.24) is 19.7 Å². The third kappa shape index (κ3) is 3.65. The maximum Gasteiger partial charge on any atom is 0.252 e. The summed E-state index contributed by atoms with van der Waals surface area (Å²) in [5.41, 5.74) is 4.56. The van der Waals surface area contributed by atoms with Crippen LogP contribution in [0, 0.1) is 19.7 Å². The van der Waals surface area contributed by atoms with E-state index in [0.717, 1.165) is 22.5 Å². The number of benzene rings is 2. The summed E-state index contributed by atoms with van der Waals surface area (Å²) >= 11 is 6.10. The van der Waals surface area contributed by atoms with Crippen LogP contribution >= 0.6 is 11.6 Å². The molecule has 1 atom stereocenters. The maximum absolute atomic E-state index is 14.1. The minimum absolute atomic E-state index is 0.177. The SMILES string of the molecule is Cc1cc(C)nc(-n2nc(-c3ccc(Cl)cc3)c3c2NC(=O)CC3c2cccc(F)c2)n1. The predicted octanol–water partition coefficient (Wildman–Crippen LogP) is 5.21. The van der Waals surface area contributed by atoms with Crippen molar-refractivity contribution >= 4 is 23.3 Å². The lowest BCUT2D eigenvalue weighted by Gasteiger charge is -2.24. The summed E-state index contributed by atoms with van der Waals surface area (Å²) in [6.45, 7) is 3.75. The first-order chi connectivity index (χ1) is 15.4. The zero-order chi connectivity index (χ0) is 22.4. The summed E-state index contributed by atoms with van der Waals surface area (Å²) in [7, 11) is 0. The number of amides is 1. The van der Waals surface area contributed by atoms with Gasteiger partial charge >= 0.3 is 0 Å². The summed E-state index contributed by atoms with van der Waals surface area (Å²) in [6.07, 6.45) is 0.177. The van der Waals surface area contributed by atoms with Gasteiger partial charge in [-0.2, -0.15) is 9.78 Å². The summed E-state index contributed by atoms with van der Waals surface area (Å²) in [6, 6.07) is 15.5. The van der Waals surface area contributed by atoms with Crippen LogP contribution in [-0.2, 0) is 4.79 Å². The van der Waals surface area contributed by atoms with E-state index in [4.69, 9.17) is 16.7 Å². The van der Waals surface area contributed by atoms with Gasteiger partial charge in [-0.15, -0.1) is 0 Å². The molecule has 0 radical (unpaired) electrons. The van der Waals surface area contributed by atoms with Gasteiger partial charge in [-0.1, -0.05) is 35.9 Å². The average Bonchev–Trinajstić information content (AvgIpc) is 3.12. The topological polar surface area (TPSA) is 72.7 Å². The van der Waals surface area contributed by atoms with Gasteiger partial charge in [0, 0.05) is 39.9 Å². The van der Waals surface area contributed by atoms with Gasteiger partial charge < -0.3 is 5.32 Å². The molecule has 1 amide bonds. The summed E-state index contributed by atoms with van der Waals surface area (Å²) < 4.78 is 15.6. The average molecular weight is 448 g/mol. The third-order valence-electron chi connectivity index (χ3n) is 5.45. The molecule has 3 heterocycles. The highest BCUT2D eigenvalue weighted by Crippen LogP contribution is 2.43. The van der Waals surface area contributed by atoms with Crippen molar-refractivity contribution in [3.63, 3.8) is 0 Å². The second kappa shape index (κ2) is 7.84. The van der Waals surface area contributed by atoms with E-state index in [0.29, 0.717) is 28.0 Å². The van der Waals surface area contributed by atoms with Crippen molar-refractivity contribution in [2.45, 2.75) is 26.2 Å². The second-order valence-corrected chi connectivity index (χ2v) is 8.28. The molecule has 6 nitrogen and oxygen atoms in total. The van der Waals surface area contributed by atoms with Crippen molar-refractivity contribution in [2.75, 3.05) is 5.32 Å². The number of rotatable bonds is 3. The van der Waals surface area contributed by atoms with Gasteiger partial charge in [0.1, 0.15) is 11.6 Å². The lowest BCUT2D eigenvalue weighted by atomic mass is 9.84. The second-order valence-electron chi connectivity index (χ2n) is 7.84. The highest BCUT2D eigenvalue weighted by molar-refractivity contribution is 6.30. The maximum atomic E-state index is 14.1. The van der Waals surface area contributed by atoms with Crippen LogP contribution < -0.4 is 5.32 Å². The number of carbonyl (C=O) groups is 1. The molecule has 2 aromatic carbocycles. The fraction of sp³-hybridized carbons (Fsp3) is 0.167. The fourth-order valence-electron chi connectivity index (χ4n) is 4.13. The van der Waals surface area contributed by atoms with Gasteiger partial charge in [-0.05, 0) is 49.7 Å². The smallest absolute Gasteiger partial charge is 0.252 e. The molecule has 1 N–H and O–H groups in total. The molecule has 8 heteroatoms.